The van der Waals surface area contributed by atoms with Gasteiger partial charge in [-0.15, -0.1) is 0 Å². The van der Waals surface area contributed by atoms with Gasteiger partial charge in [-0.3, -0.25) is 0 Å². The van der Waals surface area contributed by atoms with E-state index in [0.717, 1.165) is 6.07 Å². The van der Waals surface area contributed by atoms with Crippen LogP contribution in [0.5, 0.6) is 5.75 Å². The molecule has 41 heavy (non-hydrogen) atoms. The SMILES string of the molecule is COCCn1c(Cc2ccc(-c3ccc(F)c(OCc4ccc(Cl)cc4F)c3)cc2F)nc2ccc(C(=O)O)cc21. The molecule has 0 aliphatic carbocycles. The number of carbonyl (C=O) groups is 1. The Morgan fingerprint density at radius 3 is 2.37 bits per heavy atom. The molecule has 5 aromatic rings. The number of ether oxygens (including phenoxy) is 2. The number of carboxylic acids is 1. The van der Waals surface area contributed by atoms with E-state index < -0.39 is 23.4 Å². The molecule has 0 aliphatic rings. The van der Waals surface area contributed by atoms with Crippen LogP contribution in [0.25, 0.3) is 22.2 Å². The Bertz CT molecular complexity index is 1760. The van der Waals surface area contributed by atoms with Crippen LogP contribution < -0.4 is 4.74 Å². The van der Waals surface area contributed by atoms with Crippen LogP contribution in [0.1, 0.15) is 27.3 Å². The molecular formula is C31H24ClF3N2O4. The number of benzene rings is 4. The number of nitrogens with zero attached hydrogens (tertiary/aromatic N) is 2. The summed E-state index contributed by atoms with van der Waals surface area (Å²) in [6, 6.07) is 17.6. The largest absolute Gasteiger partial charge is 0.486 e. The van der Waals surface area contributed by atoms with Crippen LogP contribution >= 0.6 is 11.6 Å². The van der Waals surface area contributed by atoms with E-state index in [2.05, 4.69) is 4.98 Å². The number of aromatic carboxylic acids is 1. The van der Waals surface area contributed by atoms with Gasteiger partial charge in [0.15, 0.2) is 11.6 Å². The number of carboxylic acid groups (broad SMARTS) is 1. The number of rotatable bonds is 10. The zero-order valence-corrected chi connectivity index (χ0v) is 22.6. The lowest BCUT2D eigenvalue weighted by Gasteiger charge is -2.12. The molecule has 1 heterocycles. The van der Waals surface area contributed by atoms with Gasteiger partial charge in [-0.05, 0) is 65.2 Å². The Morgan fingerprint density at radius 2 is 1.63 bits per heavy atom. The molecule has 1 aromatic heterocycles. The monoisotopic (exact) mass is 580 g/mol. The molecular weight excluding hydrogens is 557 g/mol. The quantitative estimate of drug-likeness (QED) is 0.188. The fourth-order valence-corrected chi connectivity index (χ4v) is 4.66. The second kappa shape index (κ2) is 12.0. The molecule has 6 nitrogen and oxygen atoms in total. The van der Waals surface area contributed by atoms with Gasteiger partial charge < -0.3 is 19.1 Å². The Balaban J connectivity index is 1.40. The van der Waals surface area contributed by atoms with Crippen LogP contribution in [0, 0.1) is 17.5 Å². The summed E-state index contributed by atoms with van der Waals surface area (Å²) in [5, 5.41) is 9.63. The van der Waals surface area contributed by atoms with Gasteiger partial charge in [-0.2, -0.15) is 0 Å². The van der Waals surface area contributed by atoms with Crippen molar-refractivity contribution in [2.24, 2.45) is 0 Å². The minimum atomic E-state index is -1.05. The fourth-order valence-electron chi connectivity index (χ4n) is 4.50. The number of imidazole rings is 1. The molecule has 210 valence electrons. The predicted octanol–water partition coefficient (Wildman–Crippen LogP) is 7.29. The highest BCUT2D eigenvalue weighted by Gasteiger charge is 2.17. The first-order valence-corrected chi connectivity index (χ1v) is 13.0. The van der Waals surface area contributed by atoms with Crippen LogP contribution in [0.4, 0.5) is 13.2 Å². The van der Waals surface area contributed by atoms with Crippen molar-refractivity contribution in [2.45, 2.75) is 19.6 Å². The van der Waals surface area contributed by atoms with Crippen molar-refractivity contribution in [3.8, 4) is 16.9 Å². The maximum Gasteiger partial charge on any atom is 0.335 e. The standard InChI is InChI=1S/C31H24ClF3N2O4/c1-40-11-10-37-28-13-21(31(38)39)6-9-27(28)36-30(37)15-20-3-2-18(12-25(20)34)19-5-8-24(33)29(14-19)41-17-22-4-7-23(32)16-26(22)35/h2-9,12-14,16H,10-11,15,17H2,1H3,(H,38,39). The number of hydrogen-bond donors (Lipinski definition) is 1. The first kappa shape index (κ1) is 28.2. The fraction of sp³-hybridized carbons (Fsp3) is 0.161. The van der Waals surface area contributed by atoms with Crippen molar-refractivity contribution < 1.29 is 32.5 Å². The minimum Gasteiger partial charge on any atom is -0.486 e. The summed E-state index contributed by atoms with van der Waals surface area (Å²) in [6.07, 6.45) is 0.150. The minimum absolute atomic E-state index is 0.103. The molecule has 5 rings (SSSR count). The van der Waals surface area contributed by atoms with Gasteiger partial charge in [0.2, 0.25) is 0 Å². The lowest BCUT2D eigenvalue weighted by Crippen LogP contribution is -2.10. The predicted molar refractivity (Wildman–Crippen MR) is 149 cm³/mol. The van der Waals surface area contributed by atoms with Gasteiger partial charge in [0.25, 0.3) is 0 Å². The molecule has 0 saturated carbocycles. The van der Waals surface area contributed by atoms with Gasteiger partial charge in [0.05, 0.1) is 23.2 Å². The smallest absolute Gasteiger partial charge is 0.335 e. The maximum absolute atomic E-state index is 15.4. The molecule has 0 fully saturated rings. The van der Waals surface area contributed by atoms with Crippen LogP contribution in [0.15, 0.2) is 72.8 Å². The molecule has 1 N–H and O–H groups in total. The average molecular weight is 581 g/mol. The van der Waals surface area contributed by atoms with Crippen LogP contribution in [0.2, 0.25) is 5.02 Å². The zero-order chi connectivity index (χ0) is 29.1. The van der Waals surface area contributed by atoms with Crippen molar-refractivity contribution in [1.29, 1.82) is 0 Å². The van der Waals surface area contributed by atoms with E-state index in [9.17, 15) is 18.7 Å². The van der Waals surface area contributed by atoms with E-state index in [1.165, 1.54) is 42.5 Å². The van der Waals surface area contributed by atoms with Crippen LogP contribution in [0.3, 0.4) is 0 Å². The van der Waals surface area contributed by atoms with Crippen molar-refractivity contribution in [3.63, 3.8) is 0 Å². The average Bonchev–Trinajstić information content (AvgIpc) is 3.29. The molecule has 10 heteroatoms. The molecule has 0 radical (unpaired) electrons. The summed E-state index contributed by atoms with van der Waals surface area (Å²) in [4.78, 5) is 16.1. The Kier molecular flexibility index (Phi) is 8.28. The number of methoxy groups -OCH3 is 1. The molecule has 4 aromatic carbocycles. The number of fused-ring (bicyclic) bond motifs is 1. The van der Waals surface area contributed by atoms with E-state index in [1.54, 1.807) is 31.4 Å². The van der Waals surface area contributed by atoms with E-state index in [4.69, 9.17) is 21.1 Å². The second-order valence-electron chi connectivity index (χ2n) is 9.33. The molecule has 0 unspecified atom stereocenters. The molecule has 0 atom stereocenters. The Hall–Kier alpha value is -4.34. The lowest BCUT2D eigenvalue weighted by atomic mass is 10.0. The van der Waals surface area contributed by atoms with E-state index in [1.807, 2.05) is 4.57 Å². The zero-order valence-electron chi connectivity index (χ0n) is 21.8. The molecule has 0 amide bonds. The summed E-state index contributed by atoms with van der Waals surface area (Å²) in [5.41, 5.74) is 2.92. The highest BCUT2D eigenvalue weighted by Crippen LogP contribution is 2.30. The van der Waals surface area contributed by atoms with E-state index in [0.29, 0.717) is 46.7 Å². The van der Waals surface area contributed by atoms with Crippen molar-refractivity contribution in [2.75, 3.05) is 13.7 Å². The van der Waals surface area contributed by atoms with Gasteiger partial charge >= 0.3 is 5.97 Å². The third kappa shape index (κ3) is 6.21. The first-order valence-electron chi connectivity index (χ1n) is 12.6. The summed E-state index contributed by atoms with van der Waals surface area (Å²) in [7, 11) is 1.56. The van der Waals surface area contributed by atoms with Crippen LogP contribution in [-0.2, 0) is 24.3 Å². The number of hydrogen-bond acceptors (Lipinski definition) is 4. The van der Waals surface area contributed by atoms with Gasteiger partial charge in [-0.25, -0.2) is 22.9 Å². The summed E-state index contributed by atoms with van der Waals surface area (Å²) in [5.74, 6) is -2.30. The first-order chi connectivity index (χ1) is 19.7. The molecule has 0 bridgehead atoms. The normalized spacial score (nSPS) is 11.2. The molecule has 0 spiro atoms. The summed E-state index contributed by atoms with van der Waals surface area (Å²) >= 11 is 5.78. The second-order valence-corrected chi connectivity index (χ2v) is 9.77. The maximum atomic E-state index is 15.4. The van der Waals surface area contributed by atoms with Gasteiger partial charge in [0.1, 0.15) is 24.1 Å². The van der Waals surface area contributed by atoms with Crippen molar-refractivity contribution >= 4 is 28.6 Å². The molecule has 0 saturated heterocycles. The highest BCUT2D eigenvalue weighted by atomic mass is 35.5. The number of halogens is 4. The topological polar surface area (TPSA) is 73.6 Å². The summed E-state index contributed by atoms with van der Waals surface area (Å²) < 4.78 is 56.5. The Labute approximate surface area is 238 Å². The van der Waals surface area contributed by atoms with Crippen molar-refractivity contribution in [1.82, 2.24) is 9.55 Å². The third-order valence-corrected chi connectivity index (χ3v) is 6.89. The summed E-state index contributed by atoms with van der Waals surface area (Å²) in [6.45, 7) is 0.550. The lowest BCUT2D eigenvalue weighted by molar-refractivity contribution is 0.0697. The molecule has 0 aliphatic heterocycles. The van der Waals surface area contributed by atoms with Gasteiger partial charge in [-0.1, -0.05) is 35.9 Å². The van der Waals surface area contributed by atoms with E-state index in [-0.39, 0.29) is 34.9 Å². The van der Waals surface area contributed by atoms with E-state index >= 15 is 4.39 Å². The Morgan fingerprint density at radius 1 is 0.902 bits per heavy atom. The third-order valence-electron chi connectivity index (χ3n) is 6.66. The van der Waals surface area contributed by atoms with Gasteiger partial charge in [0, 0.05) is 30.7 Å². The van der Waals surface area contributed by atoms with Crippen LogP contribution in [-0.4, -0.2) is 34.3 Å². The number of aromatic nitrogens is 2. The van der Waals surface area contributed by atoms with Crippen molar-refractivity contribution in [3.05, 3.63) is 118 Å². The highest BCUT2D eigenvalue weighted by molar-refractivity contribution is 6.30.